The number of amidine groups is 1. The molecule has 2 aromatic carbocycles. The number of anilines is 2. The Bertz CT molecular complexity index is 1030. The number of hydrogen-bond donors (Lipinski definition) is 2. The van der Waals surface area contributed by atoms with E-state index < -0.39 is 0 Å². The van der Waals surface area contributed by atoms with Crippen molar-refractivity contribution in [2.24, 2.45) is 5.10 Å². The first-order chi connectivity index (χ1) is 12.2. The maximum absolute atomic E-state index is 12.2. The van der Waals surface area contributed by atoms with E-state index in [0.29, 0.717) is 16.6 Å². The molecule has 0 atom stereocenters. The summed E-state index contributed by atoms with van der Waals surface area (Å²) in [6.45, 7) is 0. The lowest BCUT2D eigenvalue weighted by atomic mass is 10.2. The van der Waals surface area contributed by atoms with Crippen LogP contribution in [-0.2, 0) is 4.79 Å². The van der Waals surface area contributed by atoms with E-state index >= 15 is 0 Å². The lowest BCUT2D eigenvalue weighted by Crippen LogP contribution is -2.29. The number of nitrogens with zero attached hydrogens (tertiary/aromatic N) is 2. The average Bonchev–Trinajstić information content (AvgIpc) is 3.01. The van der Waals surface area contributed by atoms with E-state index in [2.05, 4.69) is 15.5 Å². The molecular weight excluding hydrogens is 336 g/mol. The Morgan fingerprint density at radius 3 is 2.64 bits per heavy atom. The number of fused-ring (bicyclic) bond motifs is 1. The van der Waals surface area contributed by atoms with Gasteiger partial charge in [-0.3, -0.25) is 19.9 Å². The smallest absolute Gasteiger partial charge is 0.250 e. The molecule has 2 N–H and O–H groups in total. The van der Waals surface area contributed by atoms with E-state index in [1.54, 1.807) is 4.90 Å². The Labute approximate surface area is 147 Å². The van der Waals surface area contributed by atoms with E-state index in [9.17, 15) is 9.59 Å². The highest BCUT2D eigenvalue weighted by atomic mass is 32.2. The molecule has 1 aromatic heterocycles. The van der Waals surface area contributed by atoms with Crippen LogP contribution in [0.5, 0.6) is 0 Å². The molecule has 1 fully saturated rings. The second kappa shape index (κ2) is 6.45. The summed E-state index contributed by atoms with van der Waals surface area (Å²) in [5.74, 6) is 0.318. The van der Waals surface area contributed by atoms with E-state index in [1.165, 1.54) is 17.8 Å². The second-order valence-electron chi connectivity index (χ2n) is 5.45. The first kappa shape index (κ1) is 15.5. The Morgan fingerprint density at radius 2 is 1.80 bits per heavy atom. The molecule has 0 spiro atoms. The fourth-order valence-corrected chi connectivity index (χ4v) is 3.51. The maximum atomic E-state index is 12.2. The quantitative estimate of drug-likeness (QED) is 0.712. The minimum absolute atomic E-state index is 0.0208. The molecular formula is C18H14N4O2S. The van der Waals surface area contributed by atoms with Gasteiger partial charge >= 0.3 is 0 Å². The van der Waals surface area contributed by atoms with Crippen LogP contribution in [0.1, 0.15) is 0 Å². The second-order valence-corrected chi connectivity index (χ2v) is 6.39. The van der Waals surface area contributed by atoms with Crippen molar-refractivity contribution in [1.82, 2.24) is 4.98 Å². The van der Waals surface area contributed by atoms with Crippen LogP contribution in [0.2, 0.25) is 0 Å². The Kier molecular flexibility index (Phi) is 3.99. The number of H-pyrrole nitrogens is 1. The number of aromatic amines is 1. The summed E-state index contributed by atoms with van der Waals surface area (Å²) in [4.78, 5) is 28.4. The third-order valence-corrected chi connectivity index (χ3v) is 4.73. The Hall–Kier alpha value is -3.06. The molecule has 1 aliphatic heterocycles. The number of hydrazone groups is 1. The zero-order chi connectivity index (χ0) is 17.2. The van der Waals surface area contributed by atoms with Crippen molar-refractivity contribution in [2.45, 2.75) is 0 Å². The van der Waals surface area contributed by atoms with Gasteiger partial charge in [0.2, 0.25) is 5.91 Å². The van der Waals surface area contributed by atoms with Crippen LogP contribution in [0.25, 0.3) is 10.9 Å². The number of nitrogens with one attached hydrogen (secondary N) is 2. The van der Waals surface area contributed by atoms with Crippen LogP contribution < -0.4 is 15.9 Å². The van der Waals surface area contributed by atoms with Gasteiger partial charge in [0.15, 0.2) is 5.17 Å². The molecule has 6 nitrogen and oxygen atoms in total. The standard InChI is InChI=1S/C18H14N4O2S/c23-16-10-15(13-8-4-5-9-14(13)19-16)20-21-18-22(17(24)11-25-18)12-6-2-1-3-7-12/h1-10H,11H2,(H2,19,20,23)/b21-18-. The number of hydrogen-bond acceptors (Lipinski definition) is 5. The van der Waals surface area contributed by atoms with Crippen LogP contribution in [0.3, 0.4) is 0 Å². The van der Waals surface area contributed by atoms with Crippen molar-refractivity contribution in [3.63, 3.8) is 0 Å². The molecule has 1 amide bonds. The van der Waals surface area contributed by atoms with Gasteiger partial charge < -0.3 is 4.98 Å². The molecule has 0 bridgehead atoms. The summed E-state index contributed by atoms with van der Waals surface area (Å²) in [5, 5.41) is 5.78. The van der Waals surface area contributed by atoms with Crippen molar-refractivity contribution in [1.29, 1.82) is 0 Å². The lowest BCUT2D eigenvalue weighted by molar-refractivity contribution is -0.115. The molecule has 0 radical (unpaired) electrons. The van der Waals surface area contributed by atoms with Gasteiger partial charge in [-0.15, -0.1) is 5.10 Å². The number of rotatable bonds is 3. The lowest BCUT2D eigenvalue weighted by Gasteiger charge is -2.16. The summed E-state index contributed by atoms with van der Waals surface area (Å²) in [6, 6.07) is 18.3. The molecule has 124 valence electrons. The summed E-state index contributed by atoms with van der Waals surface area (Å²) in [7, 11) is 0. The minimum atomic E-state index is -0.212. The number of carbonyl (C=O) groups excluding carboxylic acids is 1. The van der Waals surface area contributed by atoms with Crippen LogP contribution in [0.15, 0.2) is 70.6 Å². The van der Waals surface area contributed by atoms with Gasteiger partial charge in [-0.25, -0.2) is 0 Å². The van der Waals surface area contributed by atoms with Crippen molar-refractivity contribution < 1.29 is 4.79 Å². The van der Waals surface area contributed by atoms with Crippen molar-refractivity contribution >= 4 is 45.1 Å². The third kappa shape index (κ3) is 3.01. The Morgan fingerprint density at radius 1 is 1.04 bits per heavy atom. The molecule has 0 aliphatic carbocycles. The number of pyridine rings is 1. The minimum Gasteiger partial charge on any atom is -0.322 e. The molecule has 0 unspecified atom stereocenters. The number of thioether (sulfide) groups is 1. The number of carbonyl (C=O) groups is 1. The molecule has 1 aliphatic rings. The summed E-state index contributed by atoms with van der Waals surface area (Å²) >= 11 is 1.36. The summed E-state index contributed by atoms with van der Waals surface area (Å²) in [6.07, 6.45) is 0. The highest BCUT2D eigenvalue weighted by molar-refractivity contribution is 8.15. The zero-order valence-corrected chi connectivity index (χ0v) is 13.9. The number of benzene rings is 2. The Balaban J connectivity index is 1.70. The van der Waals surface area contributed by atoms with Crippen molar-refractivity contribution in [3.05, 3.63) is 71.0 Å². The third-order valence-electron chi connectivity index (χ3n) is 3.80. The fourth-order valence-electron chi connectivity index (χ4n) is 2.68. The largest absolute Gasteiger partial charge is 0.322 e. The van der Waals surface area contributed by atoms with Gasteiger partial charge in [-0.05, 0) is 18.2 Å². The topological polar surface area (TPSA) is 77.6 Å². The SMILES string of the molecule is O=C1CS/C(=N\Nc2cc(=O)[nH]c3ccccc23)N1c1ccccc1. The average molecular weight is 350 g/mol. The van der Waals surface area contributed by atoms with Crippen molar-refractivity contribution in [2.75, 3.05) is 16.1 Å². The molecule has 2 heterocycles. The van der Waals surface area contributed by atoms with Gasteiger partial charge in [0, 0.05) is 11.5 Å². The van der Waals surface area contributed by atoms with Crippen LogP contribution >= 0.6 is 11.8 Å². The molecule has 3 aromatic rings. The molecule has 0 saturated carbocycles. The van der Waals surface area contributed by atoms with E-state index in [4.69, 9.17) is 0 Å². The molecule has 7 heteroatoms. The predicted octanol–water partition coefficient (Wildman–Crippen LogP) is 2.99. The molecule has 4 rings (SSSR count). The highest BCUT2D eigenvalue weighted by Crippen LogP contribution is 2.27. The van der Waals surface area contributed by atoms with E-state index in [0.717, 1.165) is 16.6 Å². The number of amides is 1. The van der Waals surface area contributed by atoms with Crippen LogP contribution in [-0.4, -0.2) is 21.8 Å². The number of aromatic nitrogens is 1. The first-order valence-electron chi connectivity index (χ1n) is 7.69. The van der Waals surface area contributed by atoms with Gasteiger partial charge in [0.05, 0.1) is 22.6 Å². The fraction of sp³-hybridized carbons (Fsp3) is 0.0556. The van der Waals surface area contributed by atoms with E-state index in [1.807, 2.05) is 54.6 Å². The number of para-hydroxylation sites is 2. The molecule has 1 saturated heterocycles. The van der Waals surface area contributed by atoms with Gasteiger partial charge in [0.25, 0.3) is 5.56 Å². The monoisotopic (exact) mass is 350 g/mol. The van der Waals surface area contributed by atoms with Crippen LogP contribution in [0, 0.1) is 0 Å². The van der Waals surface area contributed by atoms with E-state index in [-0.39, 0.29) is 11.5 Å². The molecule has 25 heavy (non-hydrogen) atoms. The van der Waals surface area contributed by atoms with Gasteiger partial charge in [0.1, 0.15) is 0 Å². The van der Waals surface area contributed by atoms with Gasteiger partial charge in [-0.1, -0.05) is 48.2 Å². The zero-order valence-electron chi connectivity index (χ0n) is 13.1. The van der Waals surface area contributed by atoms with Crippen LogP contribution in [0.4, 0.5) is 11.4 Å². The van der Waals surface area contributed by atoms with Crippen molar-refractivity contribution in [3.8, 4) is 0 Å². The summed E-state index contributed by atoms with van der Waals surface area (Å²) in [5.41, 5.74) is 4.83. The first-order valence-corrected chi connectivity index (χ1v) is 8.67. The predicted molar refractivity (Wildman–Crippen MR) is 102 cm³/mol. The maximum Gasteiger partial charge on any atom is 0.250 e. The summed E-state index contributed by atoms with van der Waals surface area (Å²) < 4.78 is 0. The van der Waals surface area contributed by atoms with Gasteiger partial charge in [-0.2, -0.15) is 0 Å². The normalized spacial score (nSPS) is 15.9. The highest BCUT2D eigenvalue weighted by Gasteiger charge is 2.29.